The van der Waals surface area contributed by atoms with Crippen molar-refractivity contribution < 1.29 is 8.42 Å². The standard InChI is InChI=1S/C19H30N4O2S.HI/c1-20-19(21-10-14-23-11-5-15-26(23,24)25)22-12-8-18(9-13-22)16-17-6-3-2-4-7-17;/h2-4,6-7,18H,5,8-16H2,1H3,(H,20,21);1H. The average molecular weight is 506 g/mol. The van der Waals surface area contributed by atoms with Crippen LogP contribution in [0.15, 0.2) is 35.3 Å². The molecule has 0 spiro atoms. The molecule has 8 heteroatoms. The second-order valence-corrected chi connectivity index (χ2v) is 9.25. The number of nitrogens with zero attached hydrogens (tertiary/aromatic N) is 3. The fraction of sp³-hybridized carbons (Fsp3) is 0.632. The van der Waals surface area contributed by atoms with E-state index in [9.17, 15) is 8.42 Å². The maximum absolute atomic E-state index is 11.9. The van der Waals surface area contributed by atoms with Gasteiger partial charge in [0.25, 0.3) is 0 Å². The third kappa shape index (κ3) is 6.32. The summed E-state index contributed by atoms with van der Waals surface area (Å²) >= 11 is 0. The van der Waals surface area contributed by atoms with Crippen LogP contribution in [0.3, 0.4) is 0 Å². The maximum Gasteiger partial charge on any atom is 0.214 e. The molecule has 3 rings (SSSR count). The van der Waals surface area contributed by atoms with Crippen LogP contribution in [0.4, 0.5) is 0 Å². The van der Waals surface area contributed by atoms with E-state index < -0.39 is 10.0 Å². The highest BCUT2D eigenvalue weighted by molar-refractivity contribution is 14.0. The number of hydrogen-bond acceptors (Lipinski definition) is 3. The zero-order valence-corrected chi connectivity index (χ0v) is 19.2. The minimum Gasteiger partial charge on any atom is -0.355 e. The van der Waals surface area contributed by atoms with Crippen LogP contribution in [0.5, 0.6) is 0 Å². The number of guanidine groups is 1. The molecule has 0 aromatic heterocycles. The summed E-state index contributed by atoms with van der Waals surface area (Å²) in [5, 5.41) is 3.34. The first-order valence-electron chi connectivity index (χ1n) is 9.56. The smallest absolute Gasteiger partial charge is 0.214 e. The fourth-order valence-electron chi connectivity index (χ4n) is 3.86. The quantitative estimate of drug-likeness (QED) is 0.378. The summed E-state index contributed by atoms with van der Waals surface area (Å²) < 4.78 is 25.3. The van der Waals surface area contributed by atoms with E-state index in [1.54, 1.807) is 11.4 Å². The number of sulfonamides is 1. The Morgan fingerprint density at radius 1 is 1.19 bits per heavy atom. The van der Waals surface area contributed by atoms with Gasteiger partial charge in [0.05, 0.1) is 5.75 Å². The topological polar surface area (TPSA) is 65.0 Å². The predicted octanol–water partition coefficient (Wildman–Crippen LogP) is 2.17. The monoisotopic (exact) mass is 506 g/mol. The minimum atomic E-state index is -3.01. The van der Waals surface area contributed by atoms with Crippen LogP contribution in [0.2, 0.25) is 0 Å². The molecule has 0 radical (unpaired) electrons. The second-order valence-electron chi connectivity index (χ2n) is 7.16. The first-order chi connectivity index (χ1) is 12.6. The molecule has 0 atom stereocenters. The lowest BCUT2D eigenvalue weighted by atomic mass is 9.90. The third-order valence-corrected chi connectivity index (χ3v) is 7.30. The zero-order chi connectivity index (χ0) is 18.4. The van der Waals surface area contributed by atoms with Crippen molar-refractivity contribution in [3.63, 3.8) is 0 Å². The molecule has 1 N–H and O–H groups in total. The van der Waals surface area contributed by atoms with E-state index in [-0.39, 0.29) is 29.7 Å². The number of halogens is 1. The molecular weight excluding hydrogens is 475 g/mol. The van der Waals surface area contributed by atoms with Gasteiger partial charge in [-0.05, 0) is 37.2 Å². The summed E-state index contributed by atoms with van der Waals surface area (Å²) in [5.41, 5.74) is 1.42. The summed E-state index contributed by atoms with van der Waals surface area (Å²) in [6.07, 6.45) is 4.21. The minimum absolute atomic E-state index is 0. The summed E-state index contributed by atoms with van der Waals surface area (Å²) in [7, 11) is -1.22. The van der Waals surface area contributed by atoms with Gasteiger partial charge in [-0.15, -0.1) is 24.0 Å². The lowest BCUT2D eigenvalue weighted by Crippen LogP contribution is -2.47. The summed E-state index contributed by atoms with van der Waals surface area (Å²) in [6.45, 7) is 3.77. The lowest BCUT2D eigenvalue weighted by molar-refractivity contribution is 0.258. The van der Waals surface area contributed by atoms with Gasteiger partial charge in [-0.2, -0.15) is 0 Å². The predicted molar refractivity (Wildman–Crippen MR) is 121 cm³/mol. The van der Waals surface area contributed by atoms with Crippen molar-refractivity contribution >= 4 is 40.0 Å². The molecule has 0 unspecified atom stereocenters. The Labute approximate surface area is 180 Å². The molecule has 2 heterocycles. The summed E-state index contributed by atoms with van der Waals surface area (Å²) in [6, 6.07) is 10.7. The number of nitrogens with one attached hydrogen (secondary N) is 1. The molecule has 2 aliphatic rings. The molecule has 1 aromatic carbocycles. The van der Waals surface area contributed by atoms with Gasteiger partial charge in [0.1, 0.15) is 0 Å². The SMILES string of the molecule is CN=C(NCCN1CCCS1(=O)=O)N1CCC(Cc2ccccc2)CC1.I. The van der Waals surface area contributed by atoms with Crippen molar-refractivity contribution in [3.05, 3.63) is 35.9 Å². The molecular formula is C19H31IN4O2S. The molecule has 152 valence electrons. The molecule has 0 bridgehead atoms. The highest BCUT2D eigenvalue weighted by Gasteiger charge is 2.28. The van der Waals surface area contributed by atoms with Gasteiger partial charge in [-0.25, -0.2) is 12.7 Å². The zero-order valence-electron chi connectivity index (χ0n) is 16.0. The van der Waals surface area contributed by atoms with Crippen LogP contribution in [0, 0.1) is 5.92 Å². The number of piperidine rings is 1. The van der Waals surface area contributed by atoms with Gasteiger partial charge in [-0.3, -0.25) is 4.99 Å². The molecule has 0 aliphatic carbocycles. The van der Waals surface area contributed by atoms with Gasteiger partial charge in [-0.1, -0.05) is 30.3 Å². The molecule has 1 aromatic rings. The van der Waals surface area contributed by atoms with E-state index in [0.29, 0.717) is 19.6 Å². The molecule has 6 nitrogen and oxygen atoms in total. The maximum atomic E-state index is 11.9. The van der Waals surface area contributed by atoms with Crippen molar-refractivity contribution in [2.45, 2.75) is 25.7 Å². The largest absolute Gasteiger partial charge is 0.355 e. The van der Waals surface area contributed by atoms with Gasteiger partial charge in [0.2, 0.25) is 10.0 Å². The number of benzene rings is 1. The van der Waals surface area contributed by atoms with Crippen LogP contribution in [0.25, 0.3) is 0 Å². The van der Waals surface area contributed by atoms with Gasteiger partial charge in [0, 0.05) is 39.8 Å². The van der Waals surface area contributed by atoms with Crippen molar-refractivity contribution in [1.29, 1.82) is 0 Å². The van der Waals surface area contributed by atoms with E-state index in [1.165, 1.54) is 5.56 Å². The van der Waals surface area contributed by atoms with E-state index in [2.05, 4.69) is 45.5 Å². The molecule has 27 heavy (non-hydrogen) atoms. The number of likely N-dealkylation sites (tertiary alicyclic amines) is 1. The Kier molecular flexibility index (Phi) is 8.81. The Morgan fingerprint density at radius 2 is 1.89 bits per heavy atom. The normalized spacial score (nSPS) is 21.1. The van der Waals surface area contributed by atoms with Gasteiger partial charge >= 0.3 is 0 Å². The lowest BCUT2D eigenvalue weighted by Gasteiger charge is -2.34. The van der Waals surface area contributed by atoms with E-state index >= 15 is 0 Å². The van der Waals surface area contributed by atoms with Crippen molar-refractivity contribution in [1.82, 2.24) is 14.5 Å². The highest BCUT2D eigenvalue weighted by atomic mass is 127. The first kappa shape index (κ1) is 22.4. The van der Waals surface area contributed by atoms with Crippen LogP contribution in [0.1, 0.15) is 24.8 Å². The average Bonchev–Trinajstić information content (AvgIpc) is 2.99. The number of rotatable bonds is 5. The Bertz CT molecular complexity index is 704. The number of hydrogen-bond donors (Lipinski definition) is 1. The Hall–Kier alpha value is -0.870. The van der Waals surface area contributed by atoms with E-state index in [1.807, 2.05) is 0 Å². The van der Waals surface area contributed by atoms with Crippen molar-refractivity contribution in [2.24, 2.45) is 10.9 Å². The van der Waals surface area contributed by atoms with Crippen LogP contribution >= 0.6 is 24.0 Å². The molecule has 2 saturated heterocycles. The van der Waals surface area contributed by atoms with Crippen molar-refractivity contribution in [3.8, 4) is 0 Å². The van der Waals surface area contributed by atoms with Gasteiger partial charge in [0.15, 0.2) is 5.96 Å². The number of aliphatic imine (C=N–C) groups is 1. The van der Waals surface area contributed by atoms with Crippen molar-refractivity contribution in [2.75, 3.05) is 45.5 Å². The van der Waals surface area contributed by atoms with E-state index in [4.69, 9.17) is 0 Å². The third-order valence-electron chi connectivity index (χ3n) is 5.34. The van der Waals surface area contributed by atoms with E-state index in [0.717, 1.165) is 50.7 Å². The molecule has 2 aliphatic heterocycles. The highest BCUT2D eigenvalue weighted by Crippen LogP contribution is 2.21. The second kappa shape index (κ2) is 10.6. The van der Waals surface area contributed by atoms with Gasteiger partial charge < -0.3 is 10.2 Å². The summed E-state index contributed by atoms with van der Waals surface area (Å²) in [5.74, 6) is 1.90. The Balaban J connectivity index is 0.00000261. The molecule has 0 amide bonds. The van der Waals surface area contributed by atoms with Crippen LogP contribution < -0.4 is 5.32 Å². The summed E-state index contributed by atoms with van der Waals surface area (Å²) in [4.78, 5) is 6.68. The molecule has 0 saturated carbocycles. The first-order valence-corrected chi connectivity index (χ1v) is 11.2. The fourth-order valence-corrected chi connectivity index (χ4v) is 5.39. The van der Waals surface area contributed by atoms with Crippen LogP contribution in [-0.2, 0) is 16.4 Å². The molecule has 2 fully saturated rings. The van der Waals surface area contributed by atoms with Crippen LogP contribution in [-0.4, -0.2) is 69.1 Å². The Morgan fingerprint density at radius 3 is 2.48 bits per heavy atom.